The number of hydrogen-bond donors (Lipinski definition) is 0. The summed E-state index contributed by atoms with van der Waals surface area (Å²) in [5.74, 6) is 1.52. The van der Waals surface area contributed by atoms with Crippen LogP contribution in [0, 0.1) is 5.92 Å². The van der Waals surface area contributed by atoms with Gasteiger partial charge in [-0.05, 0) is 37.3 Å². The molecule has 5 nitrogen and oxygen atoms in total. The van der Waals surface area contributed by atoms with E-state index in [0.29, 0.717) is 11.4 Å². The average molecular weight is 292 g/mol. The highest BCUT2D eigenvalue weighted by molar-refractivity contribution is 5.92. The van der Waals surface area contributed by atoms with Gasteiger partial charge >= 0.3 is 5.97 Å². The number of methoxy groups -OCH3 is 2. The second-order valence-corrected chi connectivity index (χ2v) is 5.46. The van der Waals surface area contributed by atoms with Gasteiger partial charge < -0.3 is 14.4 Å². The lowest BCUT2D eigenvalue weighted by atomic mass is 9.94. The van der Waals surface area contributed by atoms with Gasteiger partial charge in [0.2, 0.25) is 5.88 Å². The third-order valence-electron chi connectivity index (χ3n) is 3.98. The molecule has 0 bridgehead atoms. The molecule has 21 heavy (non-hydrogen) atoms. The second-order valence-electron chi connectivity index (χ2n) is 5.46. The van der Waals surface area contributed by atoms with E-state index >= 15 is 0 Å². The lowest BCUT2D eigenvalue weighted by molar-refractivity contribution is 0.0596. The third kappa shape index (κ3) is 3.65. The molecule has 0 spiro atoms. The molecule has 2 rings (SSSR count). The largest absolute Gasteiger partial charge is 0.480 e. The van der Waals surface area contributed by atoms with Crippen LogP contribution in [0.2, 0.25) is 0 Å². The number of esters is 1. The minimum absolute atomic E-state index is 0.331. The van der Waals surface area contributed by atoms with Crippen molar-refractivity contribution < 1.29 is 14.3 Å². The summed E-state index contributed by atoms with van der Waals surface area (Å²) in [5.41, 5.74) is 0.367. The molecule has 0 radical (unpaired) electrons. The number of nitrogens with zero attached hydrogens (tertiary/aromatic N) is 2. The fourth-order valence-corrected chi connectivity index (χ4v) is 2.94. The molecule has 1 saturated heterocycles. The fourth-order valence-electron chi connectivity index (χ4n) is 2.94. The number of piperidine rings is 1. The molecule has 0 N–H and O–H groups in total. The van der Waals surface area contributed by atoms with Gasteiger partial charge in [0, 0.05) is 13.1 Å². The van der Waals surface area contributed by atoms with E-state index in [4.69, 9.17) is 9.47 Å². The minimum atomic E-state index is -0.423. The van der Waals surface area contributed by atoms with Gasteiger partial charge in [0.05, 0.1) is 14.2 Å². The van der Waals surface area contributed by atoms with Gasteiger partial charge in [-0.25, -0.2) is 4.79 Å². The van der Waals surface area contributed by atoms with E-state index in [1.54, 1.807) is 6.07 Å². The summed E-state index contributed by atoms with van der Waals surface area (Å²) in [6.45, 7) is 4.26. The SMILES string of the molecule is CCCC1CCCN(c2ccc(C(=O)OC)c(OC)n2)C1. The lowest BCUT2D eigenvalue weighted by Crippen LogP contribution is -2.36. The molecule has 0 aromatic carbocycles. The highest BCUT2D eigenvalue weighted by Gasteiger charge is 2.22. The number of aromatic nitrogens is 1. The Hall–Kier alpha value is -1.78. The molecule has 1 aliphatic heterocycles. The minimum Gasteiger partial charge on any atom is -0.480 e. The summed E-state index contributed by atoms with van der Waals surface area (Å²) in [6.07, 6.45) is 4.96. The number of rotatable bonds is 5. The van der Waals surface area contributed by atoms with Gasteiger partial charge in [-0.15, -0.1) is 0 Å². The Morgan fingerprint density at radius 2 is 2.24 bits per heavy atom. The van der Waals surface area contributed by atoms with Crippen molar-refractivity contribution in [3.05, 3.63) is 17.7 Å². The summed E-state index contributed by atoms with van der Waals surface area (Å²) < 4.78 is 9.98. The van der Waals surface area contributed by atoms with Crippen LogP contribution in [-0.2, 0) is 4.74 Å². The number of carbonyl (C=O) groups excluding carboxylic acids is 1. The Balaban J connectivity index is 2.18. The van der Waals surface area contributed by atoms with Crippen molar-refractivity contribution in [1.82, 2.24) is 4.98 Å². The number of carbonyl (C=O) groups is 1. The molecule has 1 atom stereocenters. The molecule has 5 heteroatoms. The second kappa shape index (κ2) is 7.29. The predicted molar refractivity (Wildman–Crippen MR) is 82.0 cm³/mol. The summed E-state index contributed by atoms with van der Waals surface area (Å²) in [4.78, 5) is 18.4. The van der Waals surface area contributed by atoms with Crippen molar-refractivity contribution in [2.45, 2.75) is 32.6 Å². The molecule has 1 aromatic heterocycles. The van der Waals surface area contributed by atoms with E-state index in [1.165, 1.54) is 39.9 Å². The van der Waals surface area contributed by atoms with Crippen molar-refractivity contribution in [3.8, 4) is 5.88 Å². The fraction of sp³-hybridized carbons (Fsp3) is 0.625. The Labute approximate surface area is 126 Å². The van der Waals surface area contributed by atoms with Crippen molar-refractivity contribution in [1.29, 1.82) is 0 Å². The van der Waals surface area contributed by atoms with Gasteiger partial charge in [-0.2, -0.15) is 4.98 Å². The average Bonchev–Trinajstić information content (AvgIpc) is 2.54. The van der Waals surface area contributed by atoms with E-state index in [-0.39, 0.29) is 0 Å². The first kappa shape index (κ1) is 15.6. The molecule has 1 unspecified atom stereocenters. The molecule has 1 aliphatic rings. The molecule has 0 amide bonds. The van der Waals surface area contributed by atoms with Crippen molar-refractivity contribution in [3.63, 3.8) is 0 Å². The number of ether oxygens (including phenoxy) is 2. The molecule has 116 valence electrons. The zero-order valence-corrected chi connectivity index (χ0v) is 13.1. The number of anilines is 1. The normalized spacial score (nSPS) is 18.4. The van der Waals surface area contributed by atoms with Crippen molar-refractivity contribution >= 4 is 11.8 Å². The van der Waals surface area contributed by atoms with E-state index in [2.05, 4.69) is 16.8 Å². The molecule has 0 aliphatic carbocycles. The molecule has 2 heterocycles. The zero-order valence-electron chi connectivity index (χ0n) is 13.1. The Morgan fingerprint density at radius 3 is 2.90 bits per heavy atom. The predicted octanol–water partition coefficient (Wildman–Crippen LogP) is 2.89. The van der Waals surface area contributed by atoms with Crippen molar-refractivity contribution in [2.24, 2.45) is 5.92 Å². The topological polar surface area (TPSA) is 51.7 Å². The van der Waals surface area contributed by atoms with E-state index in [1.807, 2.05) is 6.07 Å². The van der Waals surface area contributed by atoms with Gasteiger partial charge in [-0.1, -0.05) is 13.3 Å². The first-order valence-electron chi connectivity index (χ1n) is 7.57. The lowest BCUT2D eigenvalue weighted by Gasteiger charge is -2.33. The highest BCUT2D eigenvalue weighted by Crippen LogP contribution is 2.27. The highest BCUT2D eigenvalue weighted by atomic mass is 16.5. The Kier molecular flexibility index (Phi) is 5.42. The molecular weight excluding hydrogens is 268 g/mol. The van der Waals surface area contributed by atoms with Gasteiger partial charge in [0.15, 0.2) is 0 Å². The Bertz CT molecular complexity index is 488. The van der Waals surface area contributed by atoms with Crippen LogP contribution < -0.4 is 9.64 Å². The first-order valence-corrected chi connectivity index (χ1v) is 7.57. The van der Waals surface area contributed by atoms with Crippen LogP contribution in [-0.4, -0.2) is 38.3 Å². The quantitative estimate of drug-likeness (QED) is 0.781. The monoisotopic (exact) mass is 292 g/mol. The number of pyridine rings is 1. The molecule has 1 fully saturated rings. The zero-order chi connectivity index (χ0) is 15.2. The maximum Gasteiger partial charge on any atom is 0.343 e. The number of hydrogen-bond acceptors (Lipinski definition) is 5. The van der Waals surface area contributed by atoms with Gasteiger partial charge in [0.25, 0.3) is 0 Å². The smallest absolute Gasteiger partial charge is 0.343 e. The maximum absolute atomic E-state index is 11.7. The van der Waals surface area contributed by atoms with E-state index < -0.39 is 5.97 Å². The van der Waals surface area contributed by atoms with Crippen LogP contribution >= 0.6 is 0 Å². The maximum atomic E-state index is 11.7. The summed E-state index contributed by atoms with van der Waals surface area (Å²) in [5, 5.41) is 0. The van der Waals surface area contributed by atoms with Gasteiger partial charge in [0.1, 0.15) is 11.4 Å². The van der Waals surface area contributed by atoms with Crippen molar-refractivity contribution in [2.75, 3.05) is 32.2 Å². The molecular formula is C16H24N2O3. The summed E-state index contributed by atoms with van der Waals surface area (Å²) >= 11 is 0. The van der Waals surface area contributed by atoms with Crippen LogP contribution in [0.25, 0.3) is 0 Å². The summed E-state index contributed by atoms with van der Waals surface area (Å²) in [6, 6.07) is 3.61. The van der Waals surface area contributed by atoms with Crippen LogP contribution in [0.15, 0.2) is 12.1 Å². The van der Waals surface area contributed by atoms with Gasteiger partial charge in [-0.3, -0.25) is 0 Å². The molecule has 1 aromatic rings. The van der Waals surface area contributed by atoms with Crippen LogP contribution in [0.5, 0.6) is 5.88 Å². The van der Waals surface area contributed by atoms with Crippen LogP contribution in [0.4, 0.5) is 5.82 Å². The molecule has 0 saturated carbocycles. The standard InChI is InChI=1S/C16H24N2O3/c1-4-6-12-7-5-10-18(11-12)14-9-8-13(16(19)21-3)15(17-14)20-2/h8-9,12H,4-7,10-11H2,1-3H3. The summed E-state index contributed by atoms with van der Waals surface area (Å²) in [7, 11) is 2.88. The Morgan fingerprint density at radius 1 is 1.43 bits per heavy atom. The van der Waals surface area contributed by atoms with E-state index in [0.717, 1.165) is 24.8 Å². The van der Waals surface area contributed by atoms with E-state index in [9.17, 15) is 4.79 Å². The third-order valence-corrected chi connectivity index (χ3v) is 3.98. The van der Waals surface area contributed by atoms with Crippen LogP contribution in [0.1, 0.15) is 43.0 Å². The van der Waals surface area contributed by atoms with Crippen LogP contribution in [0.3, 0.4) is 0 Å². The first-order chi connectivity index (χ1) is 10.2.